The predicted octanol–water partition coefficient (Wildman–Crippen LogP) is 6.80. The highest BCUT2D eigenvalue weighted by Crippen LogP contribution is 2.36. The van der Waals surface area contributed by atoms with Crippen LogP contribution >= 0.6 is 11.8 Å². The van der Waals surface area contributed by atoms with Crippen LogP contribution in [-0.4, -0.2) is 53.3 Å². The average molecular weight is 557 g/mol. The van der Waals surface area contributed by atoms with Gasteiger partial charge in [-0.1, -0.05) is 6.07 Å². The molecule has 0 saturated carbocycles. The number of aromatic nitrogens is 1. The summed E-state index contributed by atoms with van der Waals surface area (Å²) in [6.07, 6.45) is 5.74. The quantitative estimate of drug-likeness (QED) is 0.247. The SMILES string of the molecule is CCN1C(=O)/C(=C/c2cc(C)n(-c3cc(C(=O)OC)ccc3C)c2C)SC1=Nc1ccc(N2CCCCC2)cc1. The van der Waals surface area contributed by atoms with Gasteiger partial charge >= 0.3 is 5.97 Å². The van der Waals surface area contributed by atoms with Gasteiger partial charge in [0.2, 0.25) is 0 Å². The minimum atomic E-state index is -0.369. The summed E-state index contributed by atoms with van der Waals surface area (Å²) < 4.78 is 7.04. The zero-order chi connectivity index (χ0) is 28.4. The third kappa shape index (κ3) is 5.45. The Kier molecular flexibility index (Phi) is 8.17. The number of nitrogens with zero attached hydrogens (tertiary/aromatic N) is 4. The van der Waals surface area contributed by atoms with Crippen molar-refractivity contribution in [3.63, 3.8) is 0 Å². The number of hydrogen-bond acceptors (Lipinski definition) is 6. The minimum Gasteiger partial charge on any atom is -0.465 e. The average Bonchev–Trinajstić information content (AvgIpc) is 3.42. The summed E-state index contributed by atoms with van der Waals surface area (Å²) in [5.41, 5.74) is 7.49. The summed E-state index contributed by atoms with van der Waals surface area (Å²) in [5, 5.41) is 0.694. The summed E-state index contributed by atoms with van der Waals surface area (Å²) >= 11 is 1.41. The predicted molar refractivity (Wildman–Crippen MR) is 164 cm³/mol. The van der Waals surface area contributed by atoms with Crippen molar-refractivity contribution in [3.05, 3.63) is 81.5 Å². The lowest BCUT2D eigenvalue weighted by Gasteiger charge is -2.28. The van der Waals surface area contributed by atoms with Crippen molar-refractivity contribution >= 4 is 46.3 Å². The highest BCUT2D eigenvalue weighted by Gasteiger charge is 2.32. The lowest BCUT2D eigenvalue weighted by atomic mass is 10.1. The molecule has 2 fully saturated rings. The smallest absolute Gasteiger partial charge is 0.337 e. The van der Waals surface area contributed by atoms with Crippen molar-refractivity contribution in [1.82, 2.24) is 9.47 Å². The van der Waals surface area contributed by atoms with Crippen LogP contribution in [0.1, 0.15) is 59.1 Å². The van der Waals surface area contributed by atoms with Crippen molar-refractivity contribution in [2.45, 2.75) is 47.0 Å². The van der Waals surface area contributed by atoms with Gasteiger partial charge in [0.25, 0.3) is 5.91 Å². The molecule has 2 aliphatic heterocycles. The molecule has 7 nitrogen and oxygen atoms in total. The number of amidine groups is 1. The number of methoxy groups -OCH3 is 1. The molecule has 0 unspecified atom stereocenters. The molecule has 0 spiro atoms. The van der Waals surface area contributed by atoms with E-state index in [-0.39, 0.29) is 11.9 Å². The first kappa shape index (κ1) is 27.8. The van der Waals surface area contributed by atoms with Gasteiger partial charge in [-0.15, -0.1) is 0 Å². The van der Waals surface area contributed by atoms with Gasteiger partial charge in [0.1, 0.15) is 0 Å². The first-order valence-electron chi connectivity index (χ1n) is 13.8. The Morgan fingerprint density at radius 2 is 1.75 bits per heavy atom. The Labute approximate surface area is 240 Å². The Morgan fingerprint density at radius 1 is 1.02 bits per heavy atom. The molecule has 0 aliphatic carbocycles. The molecule has 3 aromatic rings. The summed E-state index contributed by atoms with van der Waals surface area (Å²) in [6.45, 7) is 10.8. The molecule has 2 aliphatic rings. The summed E-state index contributed by atoms with van der Waals surface area (Å²) in [6, 6.07) is 16.0. The third-order valence-corrected chi connectivity index (χ3v) is 8.63. The number of thioether (sulfide) groups is 1. The molecule has 2 saturated heterocycles. The maximum absolute atomic E-state index is 13.4. The van der Waals surface area contributed by atoms with E-state index in [2.05, 4.69) is 27.7 Å². The number of aliphatic imine (C=N–C) groups is 1. The summed E-state index contributed by atoms with van der Waals surface area (Å²) in [5.74, 6) is -0.406. The molecule has 1 amide bonds. The molecule has 5 rings (SSSR count). The Hall–Kier alpha value is -3.78. The molecule has 2 aromatic carbocycles. The highest BCUT2D eigenvalue weighted by molar-refractivity contribution is 8.18. The fourth-order valence-corrected chi connectivity index (χ4v) is 6.46. The lowest BCUT2D eigenvalue weighted by Crippen LogP contribution is -2.29. The normalized spacial score (nSPS) is 17.8. The van der Waals surface area contributed by atoms with Crippen LogP contribution in [0.3, 0.4) is 0 Å². The van der Waals surface area contributed by atoms with E-state index >= 15 is 0 Å². The number of anilines is 1. The van der Waals surface area contributed by atoms with E-state index < -0.39 is 0 Å². The number of aryl methyl sites for hydroxylation is 2. The number of esters is 1. The molecule has 1 aromatic heterocycles. The zero-order valence-electron chi connectivity index (χ0n) is 23.9. The topological polar surface area (TPSA) is 67.1 Å². The van der Waals surface area contributed by atoms with Crippen molar-refractivity contribution in [1.29, 1.82) is 0 Å². The van der Waals surface area contributed by atoms with Gasteiger partial charge in [0.15, 0.2) is 5.17 Å². The second-order valence-corrected chi connectivity index (χ2v) is 11.3. The molecular formula is C32H36N4O3S. The van der Waals surface area contributed by atoms with Crippen LogP contribution in [0, 0.1) is 20.8 Å². The van der Waals surface area contributed by atoms with Crippen molar-refractivity contribution in [2.75, 3.05) is 31.6 Å². The van der Waals surface area contributed by atoms with Crippen LogP contribution in [0.5, 0.6) is 0 Å². The maximum atomic E-state index is 13.4. The van der Waals surface area contributed by atoms with Crippen LogP contribution in [0.2, 0.25) is 0 Å². The molecule has 8 heteroatoms. The number of carbonyl (C=O) groups is 2. The molecule has 0 atom stereocenters. The van der Waals surface area contributed by atoms with E-state index in [1.807, 2.05) is 58.0 Å². The molecule has 40 heavy (non-hydrogen) atoms. The molecule has 208 valence electrons. The number of rotatable bonds is 6. The second kappa shape index (κ2) is 11.8. The highest BCUT2D eigenvalue weighted by atomic mass is 32.2. The third-order valence-electron chi connectivity index (χ3n) is 7.63. The summed E-state index contributed by atoms with van der Waals surface area (Å²) in [4.78, 5) is 35.2. The van der Waals surface area contributed by atoms with Crippen LogP contribution < -0.4 is 4.90 Å². The number of amides is 1. The monoisotopic (exact) mass is 556 g/mol. The number of piperidine rings is 1. The maximum Gasteiger partial charge on any atom is 0.337 e. The molecule has 0 bridgehead atoms. The Balaban J connectivity index is 1.43. The van der Waals surface area contributed by atoms with Crippen LogP contribution in [0.15, 0.2) is 58.4 Å². The number of hydrogen-bond donors (Lipinski definition) is 0. The number of ether oxygens (including phenoxy) is 1. The molecule has 0 radical (unpaired) electrons. The number of likely N-dealkylation sites (N-methyl/N-ethyl adjacent to an activating group) is 1. The van der Waals surface area contributed by atoms with Gasteiger partial charge in [-0.2, -0.15) is 0 Å². The molecule has 0 N–H and O–H groups in total. The molecular weight excluding hydrogens is 520 g/mol. The van der Waals surface area contributed by atoms with Gasteiger partial charge in [-0.25, -0.2) is 9.79 Å². The van der Waals surface area contributed by atoms with E-state index in [4.69, 9.17) is 9.73 Å². The fraction of sp³-hybridized carbons (Fsp3) is 0.344. The van der Waals surface area contributed by atoms with Crippen LogP contribution in [0.25, 0.3) is 11.8 Å². The zero-order valence-corrected chi connectivity index (χ0v) is 24.7. The van der Waals surface area contributed by atoms with E-state index in [0.29, 0.717) is 22.2 Å². The van der Waals surface area contributed by atoms with Crippen LogP contribution in [-0.2, 0) is 9.53 Å². The summed E-state index contributed by atoms with van der Waals surface area (Å²) in [7, 11) is 1.39. The largest absolute Gasteiger partial charge is 0.465 e. The van der Waals surface area contributed by atoms with E-state index in [1.165, 1.54) is 43.8 Å². The van der Waals surface area contributed by atoms with Crippen molar-refractivity contribution < 1.29 is 14.3 Å². The Morgan fingerprint density at radius 3 is 2.42 bits per heavy atom. The van der Waals surface area contributed by atoms with E-state index in [1.54, 1.807) is 11.0 Å². The van der Waals surface area contributed by atoms with E-state index in [0.717, 1.165) is 47.0 Å². The molecule has 3 heterocycles. The number of benzene rings is 2. The van der Waals surface area contributed by atoms with Crippen molar-refractivity contribution in [3.8, 4) is 5.69 Å². The van der Waals surface area contributed by atoms with Gasteiger partial charge in [0.05, 0.1) is 23.3 Å². The second-order valence-electron chi connectivity index (χ2n) is 10.3. The van der Waals surface area contributed by atoms with Crippen LogP contribution in [0.4, 0.5) is 11.4 Å². The van der Waals surface area contributed by atoms with Crippen molar-refractivity contribution in [2.24, 2.45) is 4.99 Å². The van der Waals surface area contributed by atoms with Gasteiger partial charge in [-0.05, 0) is 118 Å². The minimum absolute atomic E-state index is 0.0372. The van der Waals surface area contributed by atoms with Gasteiger partial charge in [0, 0.05) is 42.4 Å². The van der Waals surface area contributed by atoms with Gasteiger partial charge in [-0.3, -0.25) is 9.69 Å². The fourth-order valence-electron chi connectivity index (χ4n) is 5.41. The first-order chi connectivity index (χ1) is 19.3. The lowest BCUT2D eigenvalue weighted by molar-refractivity contribution is -0.122. The van der Waals surface area contributed by atoms with Gasteiger partial charge < -0.3 is 14.2 Å². The Bertz CT molecular complexity index is 1500. The number of carbonyl (C=O) groups excluding carboxylic acids is 2. The standard InChI is InChI=1S/C32H36N4O3S/c1-6-35-30(37)29(40-32(35)33-26-12-14-27(15-13-26)34-16-8-7-9-17-34)20-25-18-22(3)36(23(25)4)28-19-24(31(38)39-5)11-10-21(28)2/h10-15,18-20H,6-9,16-17H2,1-5H3/b29-20-,33-32?. The van der Waals surface area contributed by atoms with E-state index in [9.17, 15) is 9.59 Å². The first-order valence-corrected chi connectivity index (χ1v) is 14.7.